The van der Waals surface area contributed by atoms with E-state index in [1.54, 1.807) is 15.9 Å². The first kappa shape index (κ1) is 18.3. The molecule has 0 radical (unpaired) electrons. The van der Waals surface area contributed by atoms with Crippen LogP contribution < -0.4 is 0 Å². The number of aliphatic carboxylic acids is 1. The van der Waals surface area contributed by atoms with Crippen LogP contribution in [-0.4, -0.2) is 64.7 Å². The van der Waals surface area contributed by atoms with Gasteiger partial charge in [0.2, 0.25) is 5.91 Å². The number of hydrogen-bond donors (Lipinski definition) is 1. The molecule has 2 saturated heterocycles. The minimum atomic E-state index is -0.844. The van der Waals surface area contributed by atoms with Gasteiger partial charge in [0.05, 0.1) is 5.92 Å². The number of carbonyl (C=O) groups is 3. The molecule has 0 aromatic carbocycles. The molecule has 2 amide bonds. The third-order valence-corrected chi connectivity index (χ3v) is 4.15. The van der Waals surface area contributed by atoms with E-state index < -0.39 is 17.5 Å². The monoisotopic (exact) mass is 338 g/mol. The van der Waals surface area contributed by atoms with Gasteiger partial charge < -0.3 is 19.6 Å². The maximum absolute atomic E-state index is 12.2. The average Bonchev–Trinajstić information content (AvgIpc) is 2.43. The number of nitrogens with zero attached hydrogens (tertiary/aromatic N) is 2. The van der Waals surface area contributed by atoms with Crippen LogP contribution >= 0.6 is 0 Å². The van der Waals surface area contributed by atoms with E-state index in [0.29, 0.717) is 32.5 Å². The largest absolute Gasteiger partial charge is 0.481 e. The van der Waals surface area contributed by atoms with Crippen LogP contribution in [0.1, 0.15) is 33.6 Å². The van der Waals surface area contributed by atoms with Crippen molar-refractivity contribution in [1.29, 1.82) is 0 Å². The summed E-state index contributed by atoms with van der Waals surface area (Å²) in [6.07, 6.45) is 4.30. The van der Waals surface area contributed by atoms with E-state index in [4.69, 9.17) is 9.84 Å². The van der Waals surface area contributed by atoms with Gasteiger partial charge in [-0.1, -0.05) is 6.08 Å². The summed E-state index contributed by atoms with van der Waals surface area (Å²) in [4.78, 5) is 38.2. The van der Waals surface area contributed by atoms with Crippen molar-refractivity contribution in [2.24, 2.45) is 11.8 Å². The predicted octanol–water partition coefficient (Wildman–Crippen LogP) is 1.73. The van der Waals surface area contributed by atoms with Crippen molar-refractivity contribution >= 4 is 18.0 Å². The number of carbonyl (C=O) groups excluding carboxylic acids is 2. The number of ether oxygens (including phenoxy) is 1. The molecule has 1 N–H and O–H groups in total. The first-order chi connectivity index (χ1) is 11.2. The lowest BCUT2D eigenvalue weighted by Gasteiger charge is -2.38. The highest BCUT2D eigenvalue weighted by Gasteiger charge is 2.32. The lowest BCUT2D eigenvalue weighted by molar-refractivity contribution is -0.144. The van der Waals surface area contributed by atoms with Gasteiger partial charge in [-0.3, -0.25) is 9.59 Å². The Morgan fingerprint density at radius 1 is 1.12 bits per heavy atom. The molecule has 2 aliphatic heterocycles. The number of amides is 2. The molecular formula is C17H26N2O5. The maximum Gasteiger partial charge on any atom is 0.410 e. The lowest BCUT2D eigenvalue weighted by Crippen LogP contribution is -2.51. The van der Waals surface area contributed by atoms with Gasteiger partial charge in [-0.15, -0.1) is 0 Å². The summed E-state index contributed by atoms with van der Waals surface area (Å²) < 4.78 is 5.28. The zero-order valence-electron chi connectivity index (χ0n) is 14.5. The molecule has 2 heterocycles. The highest BCUT2D eigenvalue weighted by molar-refractivity contribution is 5.88. The molecule has 0 aliphatic carbocycles. The van der Waals surface area contributed by atoms with Crippen molar-refractivity contribution in [3.63, 3.8) is 0 Å². The highest BCUT2D eigenvalue weighted by Crippen LogP contribution is 2.21. The molecule has 0 saturated carbocycles. The minimum absolute atomic E-state index is 0.140. The zero-order chi connectivity index (χ0) is 17.9. The number of likely N-dealkylation sites (tertiary alicyclic amines) is 2. The van der Waals surface area contributed by atoms with E-state index in [1.807, 2.05) is 20.8 Å². The zero-order valence-corrected chi connectivity index (χ0v) is 14.5. The molecule has 0 unspecified atom stereocenters. The molecule has 2 aliphatic rings. The van der Waals surface area contributed by atoms with Gasteiger partial charge in [0, 0.05) is 32.1 Å². The Morgan fingerprint density at radius 2 is 1.79 bits per heavy atom. The molecule has 2 fully saturated rings. The summed E-state index contributed by atoms with van der Waals surface area (Å²) in [6.45, 7) is 7.42. The van der Waals surface area contributed by atoms with Crippen LogP contribution in [-0.2, 0) is 14.3 Å². The van der Waals surface area contributed by atoms with Gasteiger partial charge in [0.25, 0.3) is 0 Å². The second-order valence-corrected chi connectivity index (χ2v) is 7.47. The Balaban J connectivity index is 1.76. The predicted molar refractivity (Wildman–Crippen MR) is 87.4 cm³/mol. The van der Waals surface area contributed by atoms with Gasteiger partial charge in [-0.25, -0.2) is 4.79 Å². The Hall–Kier alpha value is -2.05. The Morgan fingerprint density at radius 3 is 2.38 bits per heavy atom. The smallest absolute Gasteiger partial charge is 0.410 e. The molecule has 134 valence electrons. The van der Waals surface area contributed by atoms with E-state index >= 15 is 0 Å². The van der Waals surface area contributed by atoms with Crippen molar-refractivity contribution in [3.05, 3.63) is 12.2 Å². The Labute approximate surface area is 142 Å². The summed E-state index contributed by atoms with van der Waals surface area (Å²) in [6, 6.07) is 0. The molecule has 0 bridgehead atoms. The van der Waals surface area contributed by atoms with Crippen molar-refractivity contribution < 1.29 is 24.2 Å². The number of carboxylic acids is 1. The molecule has 7 heteroatoms. The Kier molecular flexibility index (Phi) is 5.51. The first-order valence-electron chi connectivity index (χ1n) is 8.33. The molecule has 1 atom stereocenters. The number of hydrogen-bond acceptors (Lipinski definition) is 4. The summed E-state index contributed by atoms with van der Waals surface area (Å²) >= 11 is 0. The second-order valence-electron chi connectivity index (χ2n) is 7.47. The van der Waals surface area contributed by atoms with Gasteiger partial charge in [-0.2, -0.15) is 0 Å². The van der Waals surface area contributed by atoms with Gasteiger partial charge in [0.15, 0.2) is 0 Å². The SMILES string of the molecule is CC(C)(C)OC(=O)N1CC(C=CC(=O)N2CCC[C@@H](C(=O)O)C2)C1. The standard InChI is InChI=1S/C17H26N2O5/c1-17(2,3)24-16(23)19-9-12(10-19)6-7-14(20)18-8-4-5-13(11-18)15(21)22/h6-7,12-13H,4-5,8-11H2,1-3H3,(H,21,22)/t13-/m1/s1. The fourth-order valence-electron chi connectivity index (χ4n) is 2.81. The summed E-state index contributed by atoms with van der Waals surface area (Å²) in [5, 5.41) is 9.06. The number of piperidine rings is 1. The third kappa shape index (κ3) is 4.97. The van der Waals surface area contributed by atoms with E-state index in [2.05, 4.69) is 0 Å². The normalized spacial score (nSPS) is 22.4. The van der Waals surface area contributed by atoms with Crippen molar-refractivity contribution in [2.75, 3.05) is 26.2 Å². The van der Waals surface area contributed by atoms with Crippen molar-refractivity contribution in [3.8, 4) is 0 Å². The van der Waals surface area contributed by atoms with E-state index in [9.17, 15) is 14.4 Å². The van der Waals surface area contributed by atoms with Crippen LogP contribution in [0.15, 0.2) is 12.2 Å². The topological polar surface area (TPSA) is 87.2 Å². The second kappa shape index (κ2) is 7.23. The quantitative estimate of drug-likeness (QED) is 0.792. The fourth-order valence-corrected chi connectivity index (χ4v) is 2.81. The molecule has 0 aromatic heterocycles. The first-order valence-corrected chi connectivity index (χ1v) is 8.33. The van der Waals surface area contributed by atoms with Crippen molar-refractivity contribution in [1.82, 2.24) is 9.80 Å². The van der Waals surface area contributed by atoms with Gasteiger partial charge >= 0.3 is 12.1 Å². The molecule has 0 spiro atoms. The third-order valence-electron chi connectivity index (χ3n) is 4.15. The molecule has 7 nitrogen and oxygen atoms in total. The highest BCUT2D eigenvalue weighted by atomic mass is 16.6. The average molecular weight is 338 g/mol. The lowest BCUT2D eigenvalue weighted by atomic mass is 9.97. The molecule has 0 aromatic rings. The molecule has 24 heavy (non-hydrogen) atoms. The summed E-state index contributed by atoms with van der Waals surface area (Å²) in [7, 11) is 0. The minimum Gasteiger partial charge on any atom is -0.481 e. The Bertz CT molecular complexity index is 532. The summed E-state index contributed by atoms with van der Waals surface area (Å²) in [5.74, 6) is -1.33. The van der Waals surface area contributed by atoms with Crippen LogP contribution in [0.25, 0.3) is 0 Å². The van der Waals surface area contributed by atoms with Crippen LogP contribution in [0.3, 0.4) is 0 Å². The molecular weight excluding hydrogens is 312 g/mol. The number of rotatable bonds is 3. The van der Waals surface area contributed by atoms with E-state index in [0.717, 1.165) is 0 Å². The van der Waals surface area contributed by atoms with Crippen LogP contribution in [0.4, 0.5) is 4.79 Å². The van der Waals surface area contributed by atoms with E-state index in [1.165, 1.54) is 6.08 Å². The van der Waals surface area contributed by atoms with Crippen LogP contribution in [0.5, 0.6) is 0 Å². The number of carboxylic acid groups (broad SMARTS) is 1. The van der Waals surface area contributed by atoms with Crippen LogP contribution in [0, 0.1) is 11.8 Å². The maximum atomic E-state index is 12.2. The van der Waals surface area contributed by atoms with E-state index in [-0.39, 0.29) is 24.5 Å². The summed E-state index contributed by atoms with van der Waals surface area (Å²) in [5.41, 5.74) is -0.511. The fraction of sp³-hybridized carbons (Fsp3) is 0.706. The molecule has 2 rings (SSSR count). The van der Waals surface area contributed by atoms with Crippen molar-refractivity contribution in [2.45, 2.75) is 39.2 Å². The van der Waals surface area contributed by atoms with Crippen LogP contribution in [0.2, 0.25) is 0 Å². The van der Waals surface area contributed by atoms with Gasteiger partial charge in [0.1, 0.15) is 5.60 Å². The van der Waals surface area contributed by atoms with Gasteiger partial charge in [-0.05, 0) is 39.7 Å².